The summed E-state index contributed by atoms with van der Waals surface area (Å²) in [6, 6.07) is 0. The summed E-state index contributed by atoms with van der Waals surface area (Å²) in [5.74, 6) is -0.798. The predicted molar refractivity (Wildman–Crippen MR) is 42.3 cm³/mol. The van der Waals surface area contributed by atoms with Gasteiger partial charge in [-0.25, -0.2) is 4.79 Å². The van der Waals surface area contributed by atoms with Crippen molar-refractivity contribution < 1.29 is 9.53 Å². The number of carbonyl (C=O) groups is 1. The van der Waals surface area contributed by atoms with Crippen molar-refractivity contribution in [1.82, 2.24) is 0 Å². The van der Waals surface area contributed by atoms with Gasteiger partial charge < -0.3 is 10.5 Å². The number of rotatable bonds is 3. The Morgan fingerprint density at radius 2 is 2.27 bits per heavy atom. The van der Waals surface area contributed by atoms with Crippen molar-refractivity contribution in [3.05, 3.63) is 11.6 Å². The maximum Gasteiger partial charge on any atom is 0.341 e. The second-order valence-corrected chi connectivity index (χ2v) is 1.84. The Kier molecular flexibility index (Phi) is 3.95. The maximum absolute atomic E-state index is 10.9. The molecule has 0 aliphatic carbocycles. The van der Waals surface area contributed by atoms with Gasteiger partial charge in [0.1, 0.15) is 5.84 Å². The van der Waals surface area contributed by atoms with Crippen LogP contribution in [0.15, 0.2) is 11.6 Å². The molecule has 0 rings (SSSR count). The molecule has 4 nitrogen and oxygen atoms in total. The van der Waals surface area contributed by atoms with E-state index in [1.165, 1.54) is 6.08 Å². The fourth-order valence-corrected chi connectivity index (χ4v) is 0.592. The minimum Gasteiger partial charge on any atom is -0.462 e. The topological polar surface area (TPSA) is 76.2 Å². The summed E-state index contributed by atoms with van der Waals surface area (Å²) in [7, 11) is 0. The molecule has 0 spiro atoms. The van der Waals surface area contributed by atoms with E-state index in [9.17, 15) is 4.79 Å². The first-order valence-corrected chi connectivity index (χ1v) is 3.31. The lowest BCUT2D eigenvalue weighted by molar-refractivity contribution is -0.137. The first kappa shape index (κ1) is 9.68. The minimum absolute atomic E-state index is 0.117. The van der Waals surface area contributed by atoms with Crippen molar-refractivity contribution in [2.24, 2.45) is 5.73 Å². The van der Waals surface area contributed by atoms with Crippen LogP contribution < -0.4 is 5.73 Å². The summed E-state index contributed by atoms with van der Waals surface area (Å²) in [6.45, 7) is 3.63. The summed E-state index contributed by atoms with van der Waals surface area (Å²) in [5.41, 5.74) is 5.21. The van der Waals surface area contributed by atoms with Gasteiger partial charge >= 0.3 is 5.97 Å². The number of amidine groups is 1. The number of hydrogen-bond acceptors (Lipinski definition) is 3. The van der Waals surface area contributed by atoms with Gasteiger partial charge in [0.25, 0.3) is 0 Å². The van der Waals surface area contributed by atoms with Crippen LogP contribution in [0.1, 0.15) is 13.8 Å². The van der Waals surface area contributed by atoms with Gasteiger partial charge in [-0.05, 0) is 13.8 Å². The summed E-state index contributed by atoms with van der Waals surface area (Å²) in [6.07, 6.45) is 1.46. The normalized spacial score (nSPS) is 10.9. The third kappa shape index (κ3) is 2.84. The fraction of sp³-hybridized carbons (Fsp3) is 0.429. The highest BCUT2D eigenvalue weighted by molar-refractivity contribution is 6.16. The van der Waals surface area contributed by atoms with E-state index < -0.39 is 5.97 Å². The number of carbonyl (C=O) groups excluding carboxylic acids is 1. The SMILES string of the molecule is C/C=C(\C(=N)N)C(=O)OCC. The highest BCUT2D eigenvalue weighted by Crippen LogP contribution is 1.96. The number of ether oxygens (including phenoxy) is 1. The third-order valence-corrected chi connectivity index (χ3v) is 1.07. The molecule has 0 atom stereocenters. The van der Waals surface area contributed by atoms with Gasteiger partial charge in [-0.3, -0.25) is 5.41 Å². The van der Waals surface area contributed by atoms with Crippen LogP contribution in [0, 0.1) is 5.41 Å². The lowest BCUT2D eigenvalue weighted by atomic mass is 10.2. The molecule has 0 fully saturated rings. The van der Waals surface area contributed by atoms with Crippen LogP contribution in [0.3, 0.4) is 0 Å². The van der Waals surface area contributed by atoms with Gasteiger partial charge in [0, 0.05) is 0 Å². The van der Waals surface area contributed by atoms with Crippen molar-refractivity contribution in [3.8, 4) is 0 Å². The van der Waals surface area contributed by atoms with Gasteiger partial charge in [0.15, 0.2) is 0 Å². The number of hydrogen-bond donors (Lipinski definition) is 2. The Morgan fingerprint density at radius 1 is 1.73 bits per heavy atom. The first-order valence-electron chi connectivity index (χ1n) is 3.31. The second kappa shape index (κ2) is 4.49. The molecule has 0 amide bonds. The van der Waals surface area contributed by atoms with Crippen LogP contribution in [0.2, 0.25) is 0 Å². The Bertz CT molecular complexity index is 197. The summed E-state index contributed by atoms with van der Waals surface area (Å²) < 4.78 is 4.63. The monoisotopic (exact) mass is 156 g/mol. The Morgan fingerprint density at radius 3 is 2.55 bits per heavy atom. The molecule has 0 saturated carbocycles. The van der Waals surface area contributed by atoms with Crippen LogP contribution in [0.25, 0.3) is 0 Å². The first-order chi connectivity index (χ1) is 5.13. The van der Waals surface area contributed by atoms with Crippen molar-refractivity contribution in [1.29, 1.82) is 5.41 Å². The molecule has 0 aromatic carbocycles. The molecule has 0 aliphatic rings. The number of nitrogens with one attached hydrogen (secondary N) is 1. The highest BCUT2D eigenvalue weighted by Gasteiger charge is 2.11. The van der Waals surface area contributed by atoms with Crippen LogP contribution in [-0.2, 0) is 9.53 Å². The van der Waals surface area contributed by atoms with Gasteiger partial charge in [-0.1, -0.05) is 6.08 Å². The van der Waals surface area contributed by atoms with Gasteiger partial charge in [-0.2, -0.15) is 0 Å². The standard InChI is InChI=1S/C7H12N2O2/c1-3-5(6(8)9)7(10)11-4-2/h3H,4H2,1-2H3,(H3,8,9)/b5-3+. The van der Waals surface area contributed by atoms with E-state index in [2.05, 4.69) is 4.74 Å². The molecule has 11 heavy (non-hydrogen) atoms. The molecule has 0 aromatic heterocycles. The highest BCUT2D eigenvalue weighted by atomic mass is 16.5. The Balaban J connectivity index is 4.29. The Hall–Kier alpha value is -1.32. The molecular formula is C7H12N2O2. The van der Waals surface area contributed by atoms with Crippen molar-refractivity contribution in [2.75, 3.05) is 6.61 Å². The third-order valence-electron chi connectivity index (χ3n) is 1.07. The van der Waals surface area contributed by atoms with Crippen molar-refractivity contribution in [2.45, 2.75) is 13.8 Å². The number of esters is 1. The van der Waals surface area contributed by atoms with E-state index >= 15 is 0 Å². The van der Waals surface area contributed by atoms with Crippen LogP contribution in [-0.4, -0.2) is 18.4 Å². The van der Waals surface area contributed by atoms with Gasteiger partial charge in [0.05, 0.1) is 12.2 Å². The summed E-state index contributed by atoms with van der Waals surface area (Å²) >= 11 is 0. The van der Waals surface area contributed by atoms with E-state index in [1.807, 2.05) is 0 Å². The molecule has 0 saturated heterocycles. The van der Waals surface area contributed by atoms with E-state index in [1.54, 1.807) is 13.8 Å². The fourth-order valence-electron chi connectivity index (χ4n) is 0.592. The number of allylic oxidation sites excluding steroid dienone is 1. The van der Waals surface area contributed by atoms with Crippen LogP contribution in [0.5, 0.6) is 0 Å². The van der Waals surface area contributed by atoms with E-state index in [0.717, 1.165) is 0 Å². The van der Waals surface area contributed by atoms with Gasteiger partial charge in [0.2, 0.25) is 0 Å². The molecule has 4 heteroatoms. The molecule has 0 aromatic rings. The molecule has 0 bridgehead atoms. The van der Waals surface area contributed by atoms with E-state index in [0.29, 0.717) is 6.61 Å². The lowest BCUT2D eigenvalue weighted by Gasteiger charge is -2.02. The van der Waals surface area contributed by atoms with E-state index in [-0.39, 0.29) is 11.4 Å². The molecule has 0 unspecified atom stereocenters. The average Bonchev–Trinajstić information content (AvgIpc) is 1.88. The van der Waals surface area contributed by atoms with Crippen molar-refractivity contribution >= 4 is 11.8 Å². The molecular weight excluding hydrogens is 144 g/mol. The number of nitrogens with two attached hydrogens (primary N) is 1. The largest absolute Gasteiger partial charge is 0.462 e. The average molecular weight is 156 g/mol. The maximum atomic E-state index is 10.9. The molecule has 0 aliphatic heterocycles. The zero-order valence-electron chi connectivity index (χ0n) is 6.68. The second-order valence-electron chi connectivity index (χ2n) is 1.84. The molecule has 3 N–H and O–H groups in total. The van der Waals surface area contributed by atoms with Gasteiger partial charge in [-0.15, -0.1) is 0 Å². The molecule has 62 valence electrons. The van der Waals surface area contributed by atoms with E-state index in [4.69, 9.17) is 11.1 Å². The van der Waals surface area contributed by atoms with Crippen molar-refractivity contribution in [3.63, 3.8) is 0 Å². The quantitative estimate of drug-likeness (QED) is 0.269. The van der Waals surface area contributed by atoms with Crippen LogP contribution in [0.4, 0.5) is 0 Å². The molecule has 0 radical (unpaired) electrons. The minimum atomic E-state index is -0.539. The summed E-state index contributed by atoms with van der Waals surface area (Å²) in [5, 5.41) is 6.97. The lowest BCUT2D eigenvalue weighted by Crippen LogP contribution is -2.21. The molecule has 0 heterocycles. The Labute approximate surface area is 65.5 Å². The smallest absolute Gasteiger partial charge is 0.341 e. The predicted octanol–water partition coefficient (Wildman–Crippen LogP) is 0.432. The zero-order valence-corrected chi connectivity index (χ0v) is 6.68. The van der Waals surface area contributed by atoms with Crippen LogP contribution >= 0.6 is 0 Å². The summed E-state index contributed by atoms with van der Waals surface area (Å²) in [4.78, 5) is 10.9. The zero-order chi connectivity index (χ0) is 8.85.